The summed E-state index contributed by atoms with van der Waals surface area (Å²) < 4.78 is 2.33. The Kier molecular flexibility index (Phi) is 4.40. The number of hydrogen-bond acceptors (Lipinski definition) is 5. The van der Waals surface area contributed by atoms with E-state index in [-0.39, 0.29) is 23.8 Å². The monoisotopic (exact) mass is 432 g/mol. The van der Waals surface area contributed by atoms with Gasteiger partial charge in [-0.3, -0.25) is 19.5 Å². The summed E-state index contributed by atoms with van der Waals surface area (Å²) in [5.74, 6) is -1.48. The quantitative estimate of drug-likeness (QED) is 0.500. The highest BCUT2D eigenvalue weighted by atomic mass is 32.1. The molecule has 1 aliphatic rings. The van der Waals surface area contributed by atoms with Crippen molar-refractivity contribution >= 4 is 39.1 Å². The van der Waals surface area contributed by atoms with Crippen LogP contribution < -0.4 is 10.5 Å². The molecule has 156 valence electrons. The molecule has 1 fully saturated rings. The minimum absolute atomic E-state index is 0.0282. The van der Waals surface area contributed by atoms with Crippen LogP contribution >= 0.6 is 11.3 Å². The molecule has 0 saturated carbocycles. The van der Waals surface area contributed by atoms with Crippen LogP contribution in [-0.2, 0) is 9.59 Å². The maximum Gasteiger partial charge on any atom is 0.277 e. The Bertz CT molecular complexity index is 1380. The van der Waals surface area contributed by atoms with Crippen molar-refractivity contribution in [2.75, 3.05) is 4.90 Å². The Balaban J connectivity index is 1.56. The maximum absolute atomic E-state index is 13.3. The summed E-state index contributed by atoms with van der Waals surface area (Å²) in [6.07, 6.45) is -0.0282. The molecule has 0 aliphatic carbocycles. The summed E-state index contributed by atoms with van der Waals surface area (Å²) in [6.45, 7) is 5.59. The third kappa shape index (κ3) is 3.11. The normalized spacial score (nSPS) is 16.6. The summed E-state index contributed by atoms with van der Waals surface area (Å²) in [6, 6.07) is 13.3. The van der Waals surface area contributed by atoms with Gasteiger partial charge in [-0.15, -0.1) is 0 Å². The number of fused-ring (bicyclic) bond motifs is 1. The number of carbonyl (C=O) groups is 2. The molecule has 0 spiro atoms. The molecule has 1 aliphatic heterocycles. The van der Waals surface area contributed by atoms with Crippen LogP contribution in [0.5, 0.6) is 0 Å². The topological polar surface area (TPSA) is 88.1 Å². The van der Waals surface area contributed by atoms with Crippen molar-refractivity contribution in [3.05, 3.63) is 75.2 Å². The SMILES string of the molecule is Cc1cc(C)cc(N2C(=O)CC(c3c(C)[nH]n(-c4nc5ccccc5s4)c3=O)C2=O)c1. The van der Waals surface area contributed by atoms with E-state index in [4.69, 9.17) is 0 Å². The molecule has 1 atom stereocenters. The lowest BCUT2D eigenvalue weighted by atomic mass is 9.98. The number of nitrogens with zero attached hydrogens (tertiary/aromatic N) is 3. The molecule has 4 aromatic rings. The largest absolute Gasteiger partial charge is 0.293 e. The zero-order valence-electron chi connectivity index (χ0n) is 17.3. The molecule has 3 heterocycles. The van der Waals surface area contributed by atoms with Gasteiger partial charge >= 0.3 is 0 Å². The van der Waals surface area contributed by atoms with E-state index in [9.17, 15) is 14.4 Å². The second-order valence-corrected chi connectivity index (χ2v) is 8.93. The number of para-hydroxylation sites is 1. The van der Waals surface area contributed by atoms with E-state index >= 15 is 0 Å². The zero-order chi connectivity index (χ0) is 21.9. The Labute approximate surface area is 181 Å². The van der Waals surface area contributed by atoms with Crippen LogP contribution in [0.15, 0.2) is 47.3 Å². The number of aromatic amines is 1. The van der Waals surface area contributed by atoms with Crippen LogP contribution in [0.3, 0.4) is 0 Å². The van der Waals surface area contributed by atoms with Crippen LogP contribution in [0.4, 0.5) is 5.69 Å². The first-order valence-corrected chi connectivity index (χ1v) is 10.8. The molecule has 8 heteroatoms. The number of carbonyl (C=O) groups excluding carboxylic acids is 2. The molecule has 0 bridgehead atoms. The molecule has 0 radical (unpaired) electrons. The first-order valence-electron chi connectivity index (χ1n) is 9.96. The highest BCUT2D eigenvalue weighted by molar-refractivity contribution is 7.20. The highest BCUT2D eigenvalue weighted by Gasteiger charge is 2.43. The van der Waals surface area contributed by atoms with E-state index < -0.39 is 5.92 Å². The highest BCUT2D eigenvalue weighted by Crippen LogP contribution is 2.34. The van der Waals surface area contributed by atoms with Crippen LogP contribution in [0.2, 0.25) is 0 Å². The average Bonchev–Trinajstić information content (AvgIpc) is 3.34. The Morgan fingerprint density at radius 1 is 1.03 bits per heavy atom. The predicted octanol–water partition coefficient (Wildman–Crippen LogP) is 3.75. The summed E-state index contributed by atoms with van der Waals surface area (Å²) in [5.41, 5.74) is 3.84. The molecule has 7 nitrogen and oxygen atoms in total. The number of imide groups is 1. The van der Waals surface area contributed by atoms with Crippen molar-refractivity contribution in [1.82, 2.24) is 14.8 Å². The molecule has 1 N–H and O–H groups in total. The second-order valence-electron chi connectivity index (χ2n) is 7.93. The van der Waals surface area contributed by atoms with E-state index in [1.54, 1.807) is 6.92 Å². The van der Waals surface area contributed by atoms with Gasteiger partial charge in [0.25, 0.3) is 5.56 Å². The lowest BCUT2D eigenvalue weighted by molar-refractivity contribution is -0.121. The molecule has 1 unspecified atom stereocenters. The molecule has 31 heavy (non-hydrogen) atoms. The zero-order valence-corrected chi connectivity index (χ0v) is 18.1. The van der Waals surface area contributed by atoms with Gasteiger partial charge in [0.05, 0.1) is 27.4 Å². The fourth-order valence-corrected chi connectivity index (χ4v) is 5.19. The van der Waals surface area contributed by atoms with Gasteiger partial charge < -0.3 is 0 Å². The van der Waals surface area contributed by atoms with E-state index in [0.717, 1.165) is 21.3 Å². The lowest BCUT2D eigenvalue weighted by Crippen LogP contribution is -2.31. The minimum Gasteiger partial charge on any atom is -0.293 e. The molecular formula is C23H20N4O3S. The third-order valence-corrected chi connectivity index (χ3v) is 6.57. The van der Waals surface area contributed by atoms with Crippen LogP contribution in [0.25, 0.3) is 15.3 Å². The Morgan fingerprint density at radius 2 is 1.74 bits per heavy atom. The predicted molar refractivity (Wildman–Crippen MR) is 120 cm³/mol. The number of H-pyrrole nitrogens is 1. The van der Waals surface area contributed by atoms with Crippen molar-refractivity contribution in [2.45, 2.75) is 33.1 Å². The average molecular weight is 433 g/mol. The third-order valence-electron chi connectivity index (χ3n) is 5.55. The van der Waals surface area contributed by atoms with Crippen LogP contribution in [0.1, 0.15) is 34.7 Å². The van der Waals surface area contributed by atoms with Gasteiger partial charge in [0.1, 0.15) is 0 Å². The van der Waals surface area contributed by atoms with Crippen molar-refractivity contribution in [1.29, 1.82) is 0 Å². The molecule has 2 aromatic heterocycles. The van der Waals surface area contributed by atoms with Gasteiger partial charge in [0, 0.05) is 12.1 Å². The summed E-state index contributed by atoms with van der Waals surface area (Å²) in [5, 5.41) is 3.55. The van der Waals surface area contributed by atoms with Crippen molar-refractivity contribution in [3.63, 3.8) is 0 Å². The van der Waals surface area contributed by atoms with E-state index in [2.05, 4.69) is 10.1 Å². The van der Waals surface area contributed by atoms with E-state index in [1.807, 2.05) is 56.3 Å². The van der Waals surface area contributed by atoms with Crippen molar-refractivity contribution < 1.29 is 9.59 Å². The first-order chi connectivity index (χ1) is 14.8. The van der Waals surface area contributed by atoms with E-state index in [0.29, 0.717) is 22.1 Å². The fraction of sp³-hybridized carbons (Fsp3) is 0.217. The molecule has 1 saturated heterocycles. The van der Waals surface area contributed by atoms with Gasteiger partial charge in [-0.1, -0.05) is 29.5 Å². The number of rotatable bonds is 3. The fourth-order valence-electron chi connectivity index (χ4n) is 4.27. The lowest BCUT2D eigenvalue weighted by Gasteiger charge is -2.16. The van der Waals surface area contributed by atoms with Gasteiger partial charge in [-0.25, -0.2) is 9.88 Å². The number of benzene rings is 2. The number of nitrogens with one attached hydrogen (secondary N) is 1. The summed E-state index contributed by atoms with van der Waals surface area (Å²) >= 11 is 1.39. The standard InChI is InChI=1S/C23H20N4O3S/c1-12-8-13(2)10-15(9-12)26-19(28)11-16(21(26)29)20-14(3)25-27(22(20)30)23-24-17-6-4-5-7-18(17)31-23/h4-10,16,25H,11H2,1-3H3. The number of aromatic nitrogens is 3. The number of anilines is 1. The molecular weight excluding hydrogens is 412 g/mol. The summed E-state index contributed by atoms with van der Waals surface area (Å²) in [7, 11) is 0. The van der Waals surface area contributed by atoms with Gasteiger partial charge in [-0.2, -0.15) is 4.68 Å². The van der Waals surface area contributed by atoms with Crippen LogP contribution in [-0.4, -0.2) is 26.6 Å². The van der Waals surface area contributed by atoms with Gasteiger partial charge in [0.15, 0.2) is 0 Å². The van der Waals surface area contributed by atoms with Crippen molar-refractivity contribution in [3.8, 4) is 5.13 Å². The maximum atomic E-state index is 13.3. The van der Waals surface area contributed by atoms with Crippen LogP contribution in [0, 0.1) is 20.8 Å². The number of thiazole rings is 1. The Hall–Kier alpha value is -3.52. The molecule has 2 aromatic carbocycles. The summed E-state index contributed by atoms with van der Waals surface area (Å²) in [4.78, 5) is 45.1. The Morgan fingerprint density at radius 3 is 2.45 bits per heavy atom. The second kappa shape index (κ2) is 7.02. The van der Waals surface area contributed by atoms with Crippen molar-refractivity contribution in [2.24, 2.45) is 0 Å². The number of amides is 2. The van der Waals surface area contributed by atoms with Gasteiger partial charge in [-0.05, 0) is 56.2 Å². The first kappa shape index (κ1) is 19.4. The molecule has 5 rings (SSSR count). The smallest absolute Gasteiger partial charge is 0.277 e. The number of aryl methyl sites for hydroxylation is 3. The number of hydrogen-bond donors (Lipinski definition) is 1. The molecule has 2 amide bonds. The van der Waals surface area contributed by atoms with E-state index in [1.165, 1.54) is 20.9 Å². The minimum atomic E-state index is -0.812. The van der Waals surface area contributed by atoms with Gasteiger partial charge in [0.2, 0.25) is 16.9 Å².